The number of pyridine rings is 1. The summed E-state index contributed by atoms with van der Waals surface area (Å²) in [5.41, 5.74) is 2.78. The van der Waals surface area contributed by atoms with Gasteiger partial charge >= 0.3 is 0 Å². The standard InChI is InChI=1S/C24H28N4O3S/c1-23-8-9-24(2,28(23)3)14-17(13-23)31-22-27-26-21(32-22)18-6-5-15(11-19(18)29)16-7-10-25-20(12-16)30-4/h5-7,10-12,17,29H,8-9,13-14H2,1-4H3/t17?,23-,24+. The van der Waals surface area contributed by atoms with Crippen LogP contribution in [0.1, 0.15) is 39.5 Å². The van der Waals surface area contributed by atoms with Gasteiger partial charge < -0.3 is 14.6 Å². The highest BCUT2D eigenvalue weighted by Gasteiger charge is 2.54. The van der Waals surface area contributed by atoms with Gasteiger partial charge in [-0.2, -0.15) is 0 Å². The third-order valence-electron chi connectivity index (χ3n) is 7.34. The van der Waals surface area contributed by atoms with Gasteiger partial charge in [-0.3, -0.25) is 4.90 Å². The van der Waals surface area contributed by atoms with E-state index >= 15 is 0 Å². The number of aromatic nitrogens is 3. The molecule has 3 atom stereocenters. The molecule has 0 saturated carbocycles. The number of phenolic OH excluding ortho intramolecular Hbond substituents is 1. The number of aromatic hydroxyl groups is 1. The number of hydrogen-bond acceptors (Lipinski definition) is 8. The molecule has 1 aromatic carbocycles. The summed E-state index contributed by atoms with van der Waals surface area (Å²) in [6.45, 7) is 4.66. The number of hydrogen-bond donors (Lipinski definition) is 1. The molecule has 0 spiro atoms. The molecule has 2 saturated heterocycles. The quantitative estimate of drug-likeness (QED) is 0.597. The first-order chi connectivity index (χ1) is 15.3. The highest BCUT2D eigenvalue weighted by atomic mass is 32.1. The minimum atomic E-state index is 0.127. The minimum Gasteiger partial charge on any atom is -0.507 e. The van der Waals surface area contributed by atoms with Gasteiger partial charge in [-0.15, -0.1) is 5.10 Å². The second-order valence-electron chi connectivity index (χ2n) is 9.39. The third-order valence-corrected chi connectivity index (χ3v) is 8.18. The van der Waals surface area contributed by atoms with Crippen LogP contribution in [0.25, 0.3) is 21.7 Å². The van der Waals surface area contributed by atoms with E-state index in [1.54, 1.807) is 19.4 Å². The summed E-state index contributed by atoms with van der Waals surface area (Å²) in [5, 5.41) is 20.4. The maximum absolute atomic E-state index is 10.7. The molecule has 7 nitrogen and oxygen atoms in total. The molecule has 2 aromatic heterocycles. The molecule has 5 rings (SSSR count). The van der Waals surface area contributed by atoms with Crippen LogP contribution in [-0.2, 0) is 0 Å². The Morgan fingerprint density at radius 1 is 1.06 bits per heavy atom. The summed E-state index contributed by atoms with van der Waals surface area (Å²) in [6, 6.07) is 9.24. The van der Waals surface area contributed by atoms with Crippen molar-refractivity contribution in [2.45, 2.75) is 56.7 Å². The van der Waals surface area contributed by atoms with E-state index in [0.29, 0.717) is 21.6 Å². The molecule has 8 heteroatoms. The topological polar surface area (TPSA) is 80.6 Å². The van der Waals surface area contributed by atoms with Crippen LogP contribution in [-0.4, -0.2) is 56.5 Å². The summed E-state index contributed by atoms with van der Waals surface area (Å²) in [7, 11) is 3.82. The molecule has 1 N–H and O–H groups in total. The molecule has 1 unspecified atom stereocenters. The molecule has 2 bridgehead atoms. The number of piperidine rings is 1. The Hall–Kier alpha value is -2.71. The largest absolute Gasteiger partial charge is 0.507 e. The lowest BCUT2D eigenvalue weighted by Gasteiger charge is -2.48. The lowest BCUT2D eigenvalue weighted by atomic mass is 9.84. The zero-order chi connectivity index (χ0) is 22.5. The monoisotopic (exact) mass is 452 g/mol. The van der Waals surface area contributed by atoms with E-state index in [0.717, 1.165) is 24.0 Å². The summed E-state index contributed by atoms with van der Waals surface area (Å²) in [5.74, 6) is 0.681. The minimum absolute atomic E-state index is 0.127. The van der Waals surface area contributed by atoms with E-state index in [1.807, 2.05) is 24.3 Å². The van der Waals surface area contributed by atoms with E-state index < -0.39 is 0 Å². The Labute approximate surface area is 192 Å². The van der Waals surface area contributed by atoms with Crippen LogP contribution < -0.4 is 9.47 Å². The van der Waals surface area contributed by atoms with E-state index in [-0.39, 0.29) is 22.9 Å². The number of phenols is 1. The Morgan fingerprint density at radius 2 is 1.78 bits per heavy atom. The molecule has 0 amide bonds. The fraction of sp³-hybridized carbons (Fsp3) is 0.458. The highest BCUT2D eigenvalue weighted by Crippen LogP contribution is 2.50. The Balaban J connectivity index is 1.34. The lowest BCUT2D eigenvalue weighted by Crippen LogP contribution is -2.57. The fourth-order valence-electron chi connectivity index (χ4n) is 5.24. The summed E-state index contributed by atoms with van der Waals surface area (Å²) in [4.78, 5) is 6.66. The average molecular weight is 453 g/mol. The van der Waals surface area contributed by atoms with Crippen LogP contribution in [0.5, 0.6) is 16.8 Å². The number of fused-ring (bicyclic) bond motifs is 2. The predicted octanol–water partition coefficient (Wildman–Crippen LogP) is 4.77. The molecule has 32 heavy (non-hydrogen) atoms. The molecular weight excluding hydrogens is 424 g/mol. The normalized spacial score (nSPS) is 27.4. The van der Waals surface area contributed by atoms with E-state index in [4.69, 9.17) is 9.47 Å². The van der Waals surface area contributed by atoms with Crippen LogP contribution in [0.15, 0.2) is 36.5 Å². The van der Waals surface area contributed by atoms with E-state index in [9.17, 15) is 5.11 Å². The number of ether oxygens (including phenoxy) is 2. The second kappa shape index (κ2) is 7.71. The molecule has 0 radical (unpaired) electrons. The van der Waals surface area contributed by atoms with Gasteiger partial charge in [-0.25, -0.2) is 4.98 Å². The number of benzene rings is 1. The first-order valence-corrected chi connectivity index (χ1v) is 11.7. The average Bonchev–Trinajstić information content (AvgIpc) is 3.28. The van der Waals surface area contributed by atoms with Crippen LogP contribution in [0, 0.1) is 0 Å². The fourth-order valence-corrected chi connectivity index (χ4v) is 6.04. The van der Waals surface area contributed by atoms with E-state index in [1.165, 1.54) is 24.2 Å². The van der Waals surface area contributed by atoms with Gasteiger partial charge in [0.05, 0.1) is 12.7 Å². The van der Waals surface area contributed by atoms with Crippen LogP contribution in [0.3, 0.4) is 0 Å². The number of rotatable bonds is 5. The maximum atomic E-state index is 10.7. The van der Waals surface area contributed by atoms with Crippen LogP contribution >= 0.6 is 11.3 Å². The van der Waals surface area contributed by atoms with Gasteiger partial charge in [0, 0.05) is 36.2 Å². The Morgan fingerprint density at radius 3 is 2.47 bits per heavy atom. The van der Waals surface area contributed by atoms with Crippen molar-refractivity contribution in [3.63, 3.8) is 0 Å². The van der Waals surface area contributed by atoms with Crippen molar-refractivity contribution in [3.05, 3.63) is 36.5 Å². The van der Waals surface area contributed by atoms with Crippen molar-refractivity contribution in [1.29, 1.82) is 0 Å². The first kappa shape index (κ1) is 21.2. The Kier molecular flexibility index (Phi) is 5.09. The van der Waals surface area contributed by atoms with Crippen LogP contribution in [0.4, 0.5) is 0 Å². The zero-order valence-corrected chi connectivity index (χ0v) is 19.6. The zero-order valence-electron chi connectivity index (χ0n) is 18.8. The number of nitrogens with zero attached hydrogens (tertiary/aromatic N) is 4. The van der Waals surface area contributed by atoms with Gasteiger partial charge in [0.25, 0.3) is 5.19 Å². The second-order valence-corrected chi connectivity index (χ2v) is 10.3. The van der Waals surface area contributed by atoms with Gasteiger partial charge in [0.2, 0.25) is 5.88 Å². The molecular formula is C24H28N4O3S. The van der Waals surface area contributed by atoms with Crippen molar-refractivity contribution in [2.24, 2.45) is 0 Å². The smallest absolute Gasteiger partial charge is 0.294 e. The summed E-state index contributed by atoms with van der Waals surface area (Å²) >= 11 is 1.37. The maximum Gasteiger partial charge on any atom is 0.294 e. The van der Waals surface area contributed by atoms with Gasteiger partial charge in [0.15, 0.2) is 5.01 Å². The number of methoxy groups -OCH3 is 1. The first-order valence-electron chi connectivity index (χ1n) is 10.9. The SMILES string of the molecule is COc1cc(-c2ccc(-c3nnc(OC4C[C@]5(C)CC[C@](C)(C4)N5C)s3)c(O)c2)ccn1. The Bertz CT molecular complexity index is 1130. The predicted molar refractivity (Wildman–Crippen MR) is 124 cm³/mol. The van der Waals surface area contributed by atoms with Gasteiger partial charge in [0.1, 0.15) is 11.9 Å². The lowest BCUT2D eigenvalue weighted by molar-refractivity contribution is -0.0252. The molecule has 2 aliphatic heterocycles. The van der Waals surface area contributed by atoms with Crippen molar-refractivity contribution < 1.29 is 14.6 Å². The highest BCUT2D eigenvalue weighted by molar-refractivity contribution is 7.16. The molecule has 0 aliphatic carbocycles. The van der Waals surface area contributed by atoms with E-state index in [2.05, 4.69) is 41.0 Å². The summed E-state index contributed by atoms with van der Waals surface area (Å²) in [6.07, 6.45) is 6.19. The molecule has 168 valence electrons. The van der Waals surface area contributed by atoms with Gasteiger partial charge in [-0.05, 0) is 63.1 Å². The third kappa shape index (κ3) is 3.61. The molecule has 4 heterocycles. The van der Waals surface area contributed by atoms with Crippen molar-refractivity contribution in [2.75, 3.05) is 14.2 Å². The van der Waals surface area contributed by atoms with Crippen molar-refractivity contribution >= 4 is 11.3 Å². The van der Waals surface area contributed by atoms with Crippen LogP contribution in [0.2, 0.25) is 0 Å². The van der Waals surface area contributed by atoms with Crippen molar-refractivity contribution in [3.8, 4) is 38.5 Å². The molecule has 2 fully saturated rings. The van der Waals surface area contributed by atoms with Crippen molar-refractivity contribution in [1.82, 2.24) is 20.1 Å². The van der Waals surface area contributed by atoms with Gasteiger partial charge in [-0.1, -0.05) is 22.5 Å². The molecule has 2 aliphatic rings. The molecule has 3 aromatic rings. The summed E-state index contributed by atoms with van der Waals surface area (Å²) < 4.78 is 11.5.